The Morgan fingerprint density at radius 3 is 2.72 bits per heavy atom. The van der Waals surface area contributed by atoms with Crippen LogP contribution in [0.15, 0.2) is 24.4 Å². The number of hydrogen-bond donors (Lipinski definition) is 3. The monoisotopic (exact) mass is 343 g/mol. The molecule has 1 unspecified atom stereocenters. The number of hydrogen-bond acceptors (Lipinski definition) is 6. The molecule has 0 fully saturated rings. The number of esters is 1. The number of carbonyl (C=O) groups excluding carboxylic acids is 1. The van der Waals surface area contributed by atoms with Crippen LogP contribution in [0.1, 0.15) is 40.2 Å². The number of aliphatic hydroxyl groups excluding tert-OH is 1. The van der Waals surface area contributed by atoms with Crippen molar-refractivity contribution in [2.75, 3.05) is 25.2 Å². The quantitative estimate of drug-likeness (QED) is 0.697. The summed E-state index contributed by atoms with van der Waals surface area (Å²) < 4.78 is 4.87. The van der Waals surface area contributed by atoms with Gasteiger partial charge in [0.15, 0.2) is 0 Å². The molecule has 0 aliphatic carbocycles. The first-order valence-corrected chi connectivity index (χ1v) is 8.12. The first kappa shape index (κ1) is 18.7. The molecule has 0 spiro atoms. The lowest BCUT2D eigenvalue weighted by Crippen LogP contribution is -2.14. The molecule has 134 valence electrons. The summed E-state index contributed by atoms with van der Waals surface area (Å²) in [5, 5.41) is 12.5. The van der Waals surface area contributed by atoms with Crippen molar-refractivity contribution in [2.24, 2.45) is 0 Å². The fraction of sp³-hybridized carbons (Fsp3) is 0.368. The van der Waals surface area contributed by atoms with Crippen molar-refractivity contribution in [3.8, 4) is 0 Å². The minimum absolute atomic E-state index is 0.0529. The van der Waals surface area contributed by atoms with Gasteiger partial charge in [0.25, 0.3) is 0 Å². The highest BCUT2D eigenvalue weighted by Crippen LogP contribution is 2.35. The third kappa shape index (κ3) is 3.91. The number of carbonyl (C=O) groups is 1. The van der Waals surface area contributed by atoms with E-state index in [0.29, 0.717) is 11.5 Å². The zero-order valence-corrected chi connectivity index (χ0v) is 15.1. The smallest absolute Gasteiger partial charge is 0.306 e. The molecule has 0 saturated carbocycles. The summed E-state index contributed by atoms with van der Waals surface area (Å²) in [4.78, 5) is 16.3. The molecule has 1 heterocycles. The SMILES string of the molecule is CNc1ncc(C(CC(=O)OC)c2ccc(C)c(CO)c2)c(C)c1N. The molecule has 0 aliphatic rings. The second-order valence-electron chi connectivity index (χ2n) is 6.03. The molecule has 4 N–H and O–H groups in total. The third-order valence-electron chi connectivity index (χ3n) is 4.58. The summed E-state index contributed by atoms with van der Waals surface area (Å²) in [5.41, 5.74) is 11.2. The van der Waals surface area contributed by atoms with Gasteiger partial charge in [-0.1, -0.05) is 18.2 Å². The van der Waals surface area contributed by atoms with E-state index in [2.05, 4.69) is 10.3 Å². The van der Waals surface area contributed by atoms with Crippen LogP contribution in [0.4, 0.5) is 11.5 Å². The summed E-state index contributed by atoms with van der Waals surface area (Å²) in [6.45, 7) is 3.80. The third-order valence-corrected chi connectivity index (χ3v) is 4.58. The predicted molar refractivity (Wildman–Crippen MR) is 98.5 cm³/mol. The zero-order chi connectivity index (χ0) is 18.6. The molecular formula is C19H25N3O3. The molecule has 0 bridgehead atoms. The molecule has 6 nitrogen and oxygen atoms in total. The lowest BCUT2D eigenvalue weighted by Gasteiger charge is -2.21. The Morgan fingerprint density at radius 1 is 1.40 bits per heavy atom. The molecule has 1 aromatic heterocycles. The number of benzene rings is 1. The minimum atomic E-state index is -0.313. The molecule has 1 aromatic carbocycles. The summed E-state index contributed by atoms with van der Waals surface area (Å²) in [6.07, 6.45) is 1.91. The number of ether oxygens (including phenoxy) is 1. The van der Waals surface area contributed by atoms with Crippen LogP contribution in [-0.4, -0.2) is 30.2 Å². The van der Waals surface area contributed by atoms with Crippen LogP contribution in [-0.2, 0) is 16.1 Å². The molecule has 6 heteroatoms. The molecule has 0 radical (unpaired) electrons. The van der Waals surface area contributed by atoms with Gasteiger partial charge in [0.1, 0.15) is 5.82 Å². The molecule has 2 rings (SSSR count). The number of anilines is 2. The minimum Gasteiger partial charge on any atom is -0.469 e. The number of rotatable bonds is 6. The molecule has 0 saturated heterocycles. The van der Waals surface area contributed by atoms with E-state index in [1.54, 1.807) is 13.2 Å². The van der Waals surface area contributed by atoms with Crippen LogP contribution in [0, 0.1) is 13.8 Å². The van der Waals surface area contributed by atoms with Crippen molar-refractivity contribution in [1.29, 1.82) is 0 Å². The second-order valence-corrected chi connectivity index (χ2v) is 6.03. The number of aliphatic hydroxyl groups is 1. The van der Waals surface area contributed by atoms with Gasteiger partial charge in [-0.2, -0.15) is 0 Å². The van der Waals surface area contributed by atoms with Crippen LogP contribution in [0.2, 0.25) is 0 Å². The highest BCUT2D eigenvalue weighted by Gasteiger charge is 2.23. The fourth-order valence-electron chi connectivity index (χ4n) is 2.92. The van der Waals surface area contributed by atoms with E-state index in [9.17, 15) is 9.90 Å². The van der Waals surface area contributed by atoms with Crippen LogP contribution in [0.5, 0.6) is 0 Å². The molecule has 0 aliphatic heterocycles. The van der Waals surface area contributed by atoms with Crippen molar-refractivity contribution in [3.63, 3.8) is 0 Å². The van der Waals surface area contributed by atoms with Gasteiger partial charge < -0.3 is 20.9 Å². The van der Waals surface area contributed by atoms with Crippen LogP contribution in [0.3, 0.4) is 0 Å². The maximum atomic E-state index is 12.0. The Balaban J connectivity index is 2.58. The molecular weight excluding hydrogens is 318 g/mol. The standard InChI is InChI=1S/C19H25N3O3/c1-11-5-6-13(7-14(11)10-23)15(8-17(24)25-4)16-9-22-19(21-3)18(20)12(16)2/h5-7,9,15,23H,8,10,20H2,1-4H3,(H,21,22). The Labute approximate surface area is 148 Å². The van der Waals surface area contributed by atoms with Gasteiger partial charge in [-0.05, 0) is 41.7 Å². The first-order chi connectivity index (χ1) is 11.9. The van der Waals surface area contributed by atoms with Crippen LogP contribution >= 0.6 is 0 Å². The Kier molecular flexibility index (Phi) is 5.98. The van der Waals surface area contributed by atoms with Crippen LogP contribution < -0.4 is 11.1 Å². The Hall–Kier alpha value is -2.60. The Bertz CT molecular complexity index is 775. The Morgan fingerprint density at radius 2 is 2.12 bits per heavy atom. The maximum absolute atomic E-state index is 12.0. The van der Waals surface area contributed by atoms with Gasteiger partial charge in [0, 0.05) is 19.2 Å². The van der Waals surface area contributed by atoms with Crippen LogP contribution in [0.25, 0.3) is 0 Å². The summed E-state index contributed by atoms with van der Waals surface area (Å²) in [6, 6.07) is 5.83. The number of nitrogens with zero attached hydrogens (tertiary/aromatic N) is 1. The van der Waals surface area contributed by atoms with Crippen molar-refractivity contribution in [3.05, 3.63) is 52.2 Å². The topological polar surface area (TPSA) is 97.5 Å². The average molecular weight is 343 g/mol. The zero-order valence-electron chi connectivity index (χ0n) is 15.1. The van der Waals surface area contributed by atoms with E-state index in [1.807, 2.05) is 32.0 Å². The second kappa shape index (κ2) is 7.98. The number of aromatic nitrogens is 1. The first-order valence-electron chi connectivity index (χ1n) is 8.12. The number of nitrogen functional groups attached to an aromatic ring is 1. The van der Waals surface area contributed by atoms with Crippen molar-refractivity contribution in [1.82, 2.24) is 4.98 Å². The van der Waals surface area contributed by atoms with E-state index in [-0.39, 0.29) is 24.9 Å². The number of pyridine rings is 1. The van der Waals surface area contributed by atoms with Gasteiger partial charge >= 0.3 is 5.97 Å². The summed E-state index contributed by atoms with van der Waals surface area (Å²) >= 11 is 0. The van der Waals surface area contributed by atoms with Crippen molar-refractivity contribution in [2.45, 2.75) is 32.8 Å². The molecule has 1 atom stereocenters. The maximum Gasteiger partial charge on any atom is 0.306 e. The molecule has 0 amide bonds. The number of nitrogens with one attached hydrogen (secondary N) is 1. The molecule has 2 aromatic rings. The summed E-state index contributed by atoms with van der Waals surface area (Å²) in [5.74, 6) is 0.0452. The average Bonchev–Trinajstić information content (AvgIpc) is 2.62. The highest BCUT2D eigenvalue weighted by atomic mass is 16.5. The van der Waals surface area contributed by atoms with Gasteiger partial charge in [-0.15, -0.1) is 0 Å². The fourth-order valence-corrected chi connectivity index (χ4v) is 2.92. The lowest BCUT2D eigenvalue weighted by molar-refractivity contribution is -0.140. The van der Waals surface area contributed by atoms with E-state index < -0.39 is 0 Å². The predicted octanol–water partition coefficient (Wildman–Crippen LogP) is 2.51. The normalized spacial score (nSPS) is 11.9. The number of nitrogens with two attached hydrogens (primary N) is 1. The van der Waals surface area contributed by atoms with E-state index in [1.165, 1.54) is 7.11 Å². The van der Waals surface area contributed by atoms with E-state index in [4.69, 9.17) is 10.5 Å². The van der Waals surface area contributed by atoms with E-state index >= 15 is 0 Å². The van der Waals surface area contributed by atoms with Gasteiger partial charge in [0.05, 0.1) is 25.8 Å². The van der Waals surface area contributed by atoms with Crippen molar-refractivity contribution < 1.29 is 14.6 Å². The van der Waals surface area contributed by atoms with E-state index in [0.717, 1.165) is 27.8 Å². The lowest BCUT2D eigenvalue weighted by atomic mass is 9.85. The van der Waals surface area contributed by atoms with Gasteiger partial charge in [-0.3, -0.25) is 4.79 Å². The number of aryl methyl sites for hydroxylation is 1. The summed E-state index contributed by atoms with van der Waals surface area (Å²) in [7, 11) is 3.13. The van der Waals surface area contributed by atoms with Gasteiger partial charge in [0.2, 0.25) is 0 Å². The van der Waals surface area contributed by atoms with Gasteiger partial charge in [-0.25, -0.2) is 4.98 Å². The number of methoxy groups -OCH3 is 1. The van der Waals surface area contributed by atoms with Crippen molar-refractivity contribution >= 4 is 17.5 Å². The largest absolute Gasteiger partial charge is 0.469 e. The molecule has 25 heavy (non-hydrogen) atoms. The highest BCUT2D eigenvalue weighted by molar-refractivity contribution is 5.73.